The number of fused-ring (bicyclic) bond motifs is 1. The summed E-state index contributed by atoms with van der Waals surface area (Å²) >= 11 is 6.26. The van der Waals surface area contributed by atoms with Gasteiger partial charge >= 0.3 is 0 Å². The van der Waals surface area contributed by atoms with Gasteiger partial charge in [-0.05, 0) is 113 Å². The van der Waals surface area contributed by atoms with Crippen molar-refractivity contribution in [3.63, 3.8) is 0 Å². The van der Waals surface area contributed by atoms with Gasteiger partial charge in [0.1, 0.15) is 5.82 Å². The minimum absolute atomic E-state index is 0.0201. The Morgan fingerprint density at radius 2 is 1.71 bits per heavy atom. The minimum Gasteiger partial charge on any atom is -0.493 e. The average Bonchev–Trinajstić information content (AvgIpc) is 2.97. The van der Waals surface area contributed by atoms with Gasteiger partial charge in [0.25, 0.3) is 0 Å². The number of methoxy groups -OCH3 is 1. The molecule has 8 heteroatoms. The van der Waals surface area contributed by atoms with E-state index in [1.165, 1.54) is 25.7 Å². The van der Waals surface area contributed by atoms with E-state index in [4.69, 9.17) is 26.1 Å². The fourth-order valence-corrected chi connectivity index (χ4v) is 6.50. The maximum Gasteiger partial charge on any atom is 0.233 e. The first kappa shape index (κ1) is 30.2. The molecule has 0 N–H and O–H groups in total. The number of carbonyl (C=O) groups excluding carboxylic acids is 1. The Morgan fingerprint density at radius 3 is 2.31 bits per heavy atom. The molecule has 2 aromatic carbocycles. The van der Waals surface area contributed by atoms with Crippen molar-refractivity contribution in [1.82, 2.24) is 9.88 Å². The highest BCUT2D eigenvalue weighted by Gasteiger charge is 2.37. The number of anilines is 2. The number of carbonyl (C=O) groups is 1. The lowest BCUT2D eigenvalue weighted by Crippen LogP contribution is -2.41. The summed E-state index contributed by atoms with van der Waals surface area (Å²) in [5.41, 5.74) is 3.92. The SMILES string of the molecule is COc1cc2c(cc1OC(C)C)[C@H](c1ccc(Cl)cc1)N(c1ccc(N(C)CC3CCC(N(C)C)CC3)cn1)C(=O)C2. The maximum absolute atomic E-state index is 13.8. The van der Waals surface area contributed by atoms with Gasteiger partial charge in [-0.15, -0.1) is 0 Å². The summed E-state index contributed by atoms with van der Waals surface area (Å²) in [6.07, 6.45) is 7.11. The van der Waals surface area contributed by atoms with Crippen molar-refractivity contribution in [1.29, 1.82) is 0 Å². The largest absolute Gasteiger partial charge is 0.493 e. The predicted molar refractivity (Wildman–Crippen MR) is 170 cm³/mol. The second-order valence-electron chi connectivity index (χ2n) is 12.2. The van der Waals surface area contributed by atoms with Crippen LogP contribution in [0.15, 0.2) is 54.7 Å². The zero-order chi connectivity index (χ0) is 30.0. The smallest absolute Gasteiger partial charge is 0.233 e. The second-order valence-corrected chi connectivity index (χ2v) is 12.6. The lowest BCUT2D eigenvalue weighted by atomic mass is 9.85. The summed E-state index contributed by atoms with van der Waals surface area (Å²) in [5, 5.41) is 0.645. The topological polar surface area (TPSA) is 58.1 Å². The van der Waals surface area contributed by atoms with E-state index in [-0.39, 0.29) is 24.5 Å². The van der Waals surface area contributed by atoms with Gasteiger partial charge in [0.05, 0.1) is 37.6 Å². The molecule has 1 atom stereocenters. The van der Waals surface area contributed by atoms with E-state index < -0.39 is 0 Å². The first-order valence-electron chi connectivity index (χ1n) is 14.9. The molecule has 42 heavy (non-hydrogen) atoms. The van der Waals surface area contributed by atoms with Crippen molar-refractivity contribution < 1.29 is 14.3 Å². The van der Waals surface area contributed by atoms with Gasteiger partial charge in [0.15, 0.2) is 11.5 Å². The van der Waals surface area contributed by atoms with Crippen LogP contribution in [0.4, 0.5) is 11.5 Å². The normalized spacial score (nSPS) is 20.5. The highest BCUT2D eigenvalue weighted by molar-refractivity contribution is 6.30. The fraction of sp³-hybridized carbons (Fsp3) is 0.471. The summed E-state index contributed by atoms with van der Waals surface area (Å²) in [6, 6.07) is 16.0. The van der Waals surface area contributed by atoms with Crippen LogP contribution in [0.5, 0.6) is 11.5 Å². The Balaban J connectivity index is 1.44. The predicted octanol–water partition coefficient (Wildman–Crippen LogP) is 6.77. The number of halogens is 1. The highest BCUT2D eigenvalue weighted by Crippen LogP contribution is 2.43. The number of nitrogens with zero attached hydrogens (tertiary/aromatic N) is 4. The van der Waals surface area contributed by atoms with E-state index in [2.05, 4.69) is 37.0 Å². The van der Waals surface area contributed by atoms with Crippen molar-refractivity contribution in [3.05, 3.63) is 76.4 Å². The standard InChI is InChI=1S/C34H43ClN4O3/c1-22(2)42-31-19-29-25(17-30(31)41-6)18-33(40)39(34(29)24-9-11-26(35)12-10-24)32-16-15-28(20-36-32)38(5)21-23-7-13-27(14-8-23)37(3)4/h9-12,15-17,19-20,22-23,27,34H,7-8,13-14,18,21H2,1-6H3/t23?,27?,34-/m0/s1. The molecule has 2 aliphatic rings. The van der Waals surface area contributed by atoms with Gasteiger partial charge in [-0.2, -0.15) is 0 Å². The van der Waals surface area contributed by atoms with Crippen LogP contribution in [0.1, 0.15) is 62.3 Å². The first-order valence-corrected chi connectivity index (χ1v) is 15.3. The molecule has 1 aromatic heterocycles. The molecular formula is C34H43ClN4O3. The van der Waals surface area contributed by atoms with Crippen LogP contribution in [0, 0.1) is 5.92 Å². The third-order valence-corrected chi connectivity index (χ3v) is 8.89. The van der Waals surface area contributed by atoms with Gasteiger partial charge in [-0.3, -0.25) is 9.69 Å². The number of hydrogen-bond acceptors (Lipinski definition) is 6. The molecule has 1 aliphatic heterocycles. The molecule has 5 rings (SSSR count). The van der Waals surface area contributed by atoms with E-state index >= 15 is 0 Å². The molecule has 1 amide bonds. The molecule has 0 bridgehead atoms. The molecule has 2 heterocycles. The molecule has 224 valence electrons. The lowest BCUT2D eigenvalue weighted by Gasteiger charge is -2.37. The van der Waals surface area contributed by atoms with Crippen LogP contribution in [0.3, 0.4) is 0 Å². The Labute approximate surface area is 255 Å². The monoisotopic (exact) mass is 590 g/mol. The number of benzene rings is 2. The summed E-state index contributed by atoms with van der Waals surface area (Å²) in [6.45, 7) is 4.98. The van der Waals surface area contributed by atoms with Crippen LogP contribution in [0.25, 0.3) is 0 Å². The van der Waals surface area contributed by atoms with Gasteiger partial charge in [0.2, 0.25) is 5.91 Å². The number of pyridine rings is 1. The van der Waals surface area contributed by atoms with E-state index in [0.717, 1.165) is 28.9 Å². The van der Waals surface area contributed by atoms with Crippen LogP contribution in [-0.4, -0.2) is 62.7 Å². The highest BCUT2D eigenvalue weighted by atomic mass is 35.5. The summed E-state index contributed by atoms with van der Waals surface area (Å²) < 4.78 is 11.8. The summed E-state index contributed by atoms with van der Waals surface area (Å²) in [4.78, 5) is 25.1. The number of hydrogen-bond donors (Lipinski definition) is 0. The average molecular weight is 591 g/mol. The first-order chi connectivity index (χ1) is 20.1. The minimum atomic E-state index is -0.387. The van der Waals surface area contributed by atoms with Crippen LogP contribution >= 0.6 is 11.6 Å². The molecule has 3 aromatic rings. The van der Waals surface area contributed by atoms with Crippen LogP contribution < -0.4 is 19.3 Å². The Hall–Kier alpha value is -3.29. The zero-order valence-electron chi connectivity index (χ0n) is 25.6. The number of amides is 1. The molecular weight excluding hydrogens is 548 g/mol. The van der Waals surface area contributed by atoms with Crippen molar-refractivity contribution in [3.8, 4) is 11.5 Å². The number of ether oxygens (including phenoxy) is 2. The maximum atomic E-state index is 13.8. The van der Waals surface area contributed by atoms with E-state index in [1.54, 1.807) is 7.11 Å². The van der Waals surface area contributed by atoms with Gasteiger partial charge in [-0.25, -0.2) is 4.98 Å². The molecule has 1 fully saturated rings. The van der Waals surface area contributed by atoms with Crippen molar-refractivity contribution in [2.45, 2.75) is 64.1 Å². The van der Waals surface area contributed by atoms with Crippen molar-refractivity contribution in [2.24, 2.45) is 5.92 Å². The number of aromatic nitrogens is 1. The summed E-state index contributed by atoms with van der Waals surface area (Å²) in [7, 11) is 8.13. The fourth-order valence-electron chi connectivity index (χ4n) is 6.38. The lowest BCUT2D eigenvalue weighted by molar-refractivity contribution is -0.118. The molecule has 0 unspecified atom stereocenters. The Morgan fingerprint density at radius 1 is 1.00 bits per heavy atom. The van der Waals surface area contributed by atoms with Crippen LogP contribution in [0.2, 0.25) is 5.02 Å². The molecule has 7 nitrogen and oxygen atoms in total. The van der Waals surface area contributed by atoms with Crippen molar-refractivity contribution in [2.75, 3.05) is 44.6 Å². The van der Waals surface area contributed by atoms with Gasteiger partial charge in [-0.1, -0.05) is 23.7 Å². The molecule has 0 saturated heterocycles. The summed E-state index contributed by atoms with van der Waals surface area (Å²) in [5.74, 6) is 2.56. The second kappa shape index (κ2) is 12.9. The Kier molecular flexibility index (Phi) is 9.28. The Bertz CT molecular complexity index is 1370. The molecule has 1 aliphatic carbocycles. The quantitative estimate of drug-likeness (QED) is 0.274. The third-order valence-electron chi connectivity index (χ3n) is 8.64. The zero-order valence-corrected chi connectivity index (χ0v) is 26.4. The van der Waals surface area contributed by atoms with Crippen LogP contribution in [-0.2, 0) is 11.2 Å². The third kappa shape index (κ3) is 6.52. The van der Waals surface area contributed by atoms with E-state index in [0.29, 0.717) is 34.3 Å². The molecule has 0 radical (unpaired) electrons. The number of rotatable bonds is 9. The van der Waals surface area contributed by atoms with E-state index in [9.17, 15) is 4.79 Å². The van der Waals surface area contributed by atoms with Crippen molar-refractivity contribution >= 4 is 29.0 Å². The molecule has 0 spiro atoms. The van der Waals surface area contributed by atoms with E-state index in [1.807, 2.05) is 67.4 Å². The van der Waals surface area contributed by atoms with Gasteiger partial charge in [0, 0.05) is 24.7 Å². The van der Waals surface area contributed by atoms with Gasteiger partial charge < -0.3 is 19.3 Å². The molecule has 1 saturated carbocycles.